The van der Waals surface area contributed by atoms with Gasteiger partial charge in [0.2, 0.25) is 0 Å². The zero-order valence-electron chi connectivity index (χ0n) is 9.08. The highest BCUT2D eigenvalue weighted by atomic mass is 35.5. The third-order valence-corrected chi connectivity index (χ3v) is 2.97. The molecule has 0 radical (unpaired) electrons. The lowest BCUT2D eigenvalue weighted by Gasteiger charge is -2.26. The number of carbonyl (C=O) groups excluding carboxylic acids is 1. The van der Waals surface area contributed by atoms with Gasteiger partial charge in [-0.3, -0.25) is 10.2 Å². The van der Waals surface area contributed by atoms with Gasteiger partial charge in [0.25, 0.3) is 5.91 Å². The second kappa shape index (κ2) is 5.32. The van der Waals surface area contributed by atoms with Crippen LogP contribution >= 0.6 is 11.6 Å². The van der Waals surface area contributed by atoms with Crippen LogP contribution in [0.5, 0.6) is 0 Å². The van der Waals surface area contributed by atoms with Crippen molar-refractivity contribution in [2.24, 2.45) is 0 Å². The molecular formula is C12H15ClN2O. The first-order valence-electron chi connectivity index (χ1n) is 5.57. The number of amides is 1. The number of halogens is 1. The Bertz CT molecular complexity index is 358. The molecule has 0 saturated carbocycles. The van der Waals surface area contributed by atoms with Crippen LogP contribution in [0.15, 0.2) is 24.3 Å². The molecule has 1 aromatic rings. The van der Waals surface area contributed by atoms with Crippen LogP contribution in [0, 0.1) is 0 Å². The predicted molar refractivity (Wildman–Crippen MR) is 64.3 cm³/mol. The molecule has 1 N–H and O–H groups in total. The highest BCUT2D eigenvalue weighted by Gasteiger charge is 2.13. The van der Waals surface area contributed by atoms with Gasteiger partial charge in [0.1, 0.15) is 0 Å². The Hall–Kier alpha value is -1.06. The minimum atomic E-state index is -0.0569. The molecule has 1 aromatic carbocycles. The van der Waals surface area contributed by atoms with Crippen molar-refractivity contribution in [1.29, 1.82) is 0 Å². The Morgan fingerprint density at radius 1 is 1.12 bits per heavy atom. The molecular weight excluding hydrogens is 224 g/mol. The van der Waals surface area contributed by atoms with Crippen molar-refractivity contribution in [3.8, 4) is 0 Å². The molecule has 1 aliphatic rings. The zero-order valence-corrected chi connectivity index (χ0v) is 9.83. The van der Waals surface area contributed by atoms with Gasteiger partial charge >= 0.3 is 0 Å². The lowest BCUT2D eigenvalue weighted by atomic mass is 10.1. The summed E-state index contributed by atoms with van der Waals surface area (Å²) in [7, 11) is 0. The molecule has 1 heterocycles. The second-order valence-corrected chi connectivity index (χ2v) is 4.43. The number of carbonyl (C=O) groups is 1. The largest absolute Gasteiger partial charge is 0.285 e. The van der Waals surface area contributed by atoms with Crippen LogP contribution in [0.1, 0.15) is 29.6 Å². The zero-order chi connectivity index (χ0) is 11.4. The fraction of sp³-hybridized carbons (Fsp3) is 0.417. The van der Waals surface area contributed by atoms with Crippen LogP contribution < -0.4 is 5.43 Å². The molecule has 1 aliphatic heterocycles. The number of hydrogen-bond acceptors (Lipinski definition) is 2. The topological polar surface area (TPSA) is 32.3 Å². The molecule has 3 nitrogen and oxygen atoms in total. The minimum absolute atomic E-state index is 0.0569. The average Bonchev–Trinajstić information content (AvgIpc) is 2.31. The maximum Gasteiger partial charge on any atom is 0.265 e. The Morgan fingerprint density at radius 3 is 2.38 bits per heavy atom. The van der Waals surface area contributed by atoms with E-state index in [0.29, 0.717) is 10.6 Å². The maximum absolute atomic E-state index is 11.8. The van der Waals surface area contributed by atoms with Crippen molar-refractivity contribution in [2.75, 3.05) is 13.1 Å². The van der Waals surface area contributed by atoms with Gasteiger partial charge in [-0.1, -0.05) is 18.0 Å². The number of hydrazine groups is 1. The smallest absolute Gasteiger partial charge is 0.265 e. The summed E-state index contributed by atoms with van der Waals surface area (Å²) in [5.41, 5.74) is 3.55. The fourth-order valence-electron chi connectivity index (χ4n) is 1.82. The molecule has 0 atom stereocenters. The first-order chi connectivity index (χ1) is 7.75. The summed E-state index contributed by atoms with van der Waals surface area (Å²) in [5, 5.41) is 2.63. The fourth-order valence-corrected chi connectivity index (χ4v) is 1.94. The third kappa shape index (κ3) is 2.97. The van der Waals surface area contributed by atoms with Crippen LogP contribution in [-0.2, 0) is 0 Å². The van der Waals surface area contributed by atoms with Crippen molar-refractivity contribution < 1.29 is 4.79 Å². The number of nitrogens with one attached hydrogen (secondary N) is 1. The van der Waals surface area contributed by atoms with Crippen molar-refractivity contribution in [3.05, 3.63) is 34.9 Å². The Labute approximate surface area is 100 Å². The molecule has 16 heavy (non-hydrogen) atoms. The van der Waals surface area contributed by atoms with Gasteiger partial charge in [-0.2, -0.15) is 0 Å². The van der Waals surface area contributed by atoms with Crippen molar-refractivity contribution in [2.45, 2.75) is 19.3 Å². The molecule has 0 spiro atoms. The van der Waals surface area contributed by atoms with E-state index in [1.165, 1.54) is 6.42 Å². The van der Waals surface area contributed by atoms with Crippen LogP contribution in [0.2, 0.25) is 5.02 Å². The van der Waals surface area contributed by atoms with E-state index in [2.05, 4.69) is 5.43 Å². The maximum atomic E-state index is 11.8. The van der Waals surface area contributed by atoms with E-state index in [-0.39, 0.29) is 5.91 Å². The van der Waals surface area contributed by atoms with Gasteiger partial charge in [0, 0.05) is 23.7 Å². The lowest BCUT2D eigenvalue weighted by Crippen LogP contribution is -2.45. The number of piperidine rings is 1. The van der Waals surface area contributed by atoms with E-state index in [0.717, 1.165) is 25.9 Å². The SMILES string of the molecule is O=C(NN1CCCCC1)c1ccc(Cl)cc1. The van der Waals surface area contributed by atoms with Crippen LogP contribution in [-0.4, -0.2) is 24.0 Å². The lowest BCUT2D eigenvalue weighted by molar-refractivity contribution is 0.0750. The standard InChI is InChI=1S/C12H15ClN2O/c13-11-6-4-10(5-7-11)12(16)14-15-8-2-1-3-9-15/h4-7H,1-3,8-9H2,(H,14,16). The van der Waals surface area contributed by atoms with E-state index >= 15 is 0 Å². The molecule has 1 amide bonds. The Kier molecular flexibility index (Phi) is 3.80. The van der Waals surface area contributed by atoms with Crippen LogP contribution in [0.4, 0.5) is 0 Å². The van der Waals surface area contributed by atoms with Crippen LogP contribution in [0.3, 0.4) is 0 Å². The average molecular weight is 239 g/mol. The first-order valence-corrected chi connectivity index (χ1v) is 5.95. The molecule has 0 aromatic heterocycles. The molecule has 1 fully saturated rings. The second-order valence-electron chi connectivity index (χ2n) is 4.00. The summed E-state index contributed by atoms with van der Waals surface area (Å²) in [5.74, 6) is -0.0569. The third-order valence-electron chi connectivity index (χ3n) is 2.72. The van der Waals surface area contributed by atoms with Gasteiger partial charge < -0.3 is 0 Å². The van der Waals surface area contributed by atoms with E-state index in [4.69, 9.17) is 11.6 Å². The molecule has 0 aliphatic carbocycles. The highest BCUT2D eigenvalue weighted by molar-refractivity contribution is 6.30. The summed E-state index contributed by atoms with van der Waals surface area (Å²) in [6, 6.07) is 6.93. The summed E-state index contributed by atoms with van der Waals surface area (Å²) in [6.07, 6.45) is 3.56. The van der Waals surface area contributed by atoms with Gasteiger partial charge in [-0.05, 0) is 37.1 Å². The van der Waals surface area contributed by atoms with Crippen LogP contribution in [0.25, 0.3) is 0 Å². The van der Waals surface area contributed by atoms with Gasteiger partial charge in [-0.25, -0.2) is 5.01 Å². The molecule has 2 rings (SSSR count). The van der Waals surface area contributed by atoms with Gasteiger partial charge in [0.05, 0.1) is 0 Å². The number of benzene rings is 1. The van der Waals surface area contributed by atoms with E-state index in [1.54, 1.807) is 24.3 Å². The van der Waals surface area contributed by atoms with Crippen molar-refractivity contribution >= 4 is 17.5 Å². The summed E-state index contributed by atoms with van der Waals surface area (Å²) >= 11 is 5.77. The summed E-state index contributed by atoms with van der Waals surface area (Å²) in [4.78, 5) is 11.8. The Balaban J connectivity index is 1.94. The monoisotopic (exact) mass is 238 g/mol. The normalized spacial score (nSPS) is 17.1. The van der Waals surface area contributed by atoms with E-state index in [1.807, 2.05) is 5.01 Å². The predicted octanol–water partition coefficient (Wildman–Crippen LogP) is 2.47. The quantitative estimate of drug-likeness (QED) is 0.859. The minimum Gasteiger partial charge on any atom is -0.285 e. The van der Waals surface area contributed by atoms with Crippen molar-refractivity contribution in [3.63, 3.8) is 0 Å². The van der Waals surface area contributed by atoms with Gasteiger partial charge in [-0.15, -0.1) is 0 Å². The number of rotatable bonds is 2. The Morgan fingerprint density at radius 2 is 1.75 bits per heavy atom. The summed E-state index contributed by atoms with van der Waals surface area (Å²) < 4.78 is 0. The van der Waals surface area contributed by atoms with Crippen molar-refractivity contribution in [1.82, 2.24) is 10.4 Å². The highest BCUT2D eigenvalue weighted by Crippen LogP contribution is 2.10. The number of hydrogen-bond donors (Lipinski definition) is 1. The van der Waals surface area contributed by atoms with E-state index in [9.17, 15) is 4.79 Å². The van der Waals surface area contributed by atoms with Gasteiger partial charge in [0.15, 0.2) is 0 Å². The first kappa shape index (κ1) is 11.4. The summed E-state index contributed by atoms with van der Waals surface area (Å²) in [6.45, 7) is 1.89. The molecule has 0 bridgehead atoms. The molecule has 86 valence electrons. The number of nitrogens with zero attached hydrogens (tertiary/aromatic N) is 1. The molecule has 1 saturated heterocycles. The molecule has 4 heteroatoms. The van der Waals surface area contributed by atoms with E-state index < -0.39 is 0 Å². The molecule has 0 unspecified atom stereocenters.